The van der Waals surface area contributed by atoms with Gasteiger partial charge in [-0.05, 0) is 30.8 Å². The number of hydrogen-bond donors (Lipinski definition) is 1. The second-order valence-electron chi connectivity index (χ2n) is 4.51. The van der Waals surface area contributed by atoms with E-state index in [-0.39, 0.29) is 6.04 Å². The molecule has 100 valence electrons. The summed E-state index contributed by atoms with van der Waals surface area (Å²) in [6.07, 6.45) is 1.79. The molecule has 2 aromatic rings. The van der Waals surface area contributed by atoms with E-state index in [1.54, 1.807) is 6.20 Å². The number of hydrogen-bond acceptors (Lipinski definition) is 3. The fourth-order valence-electron chi connectivity index (χ4n) is 2.11. The molecule has 0 aliphatic carbocycles. The maximum absolute atomic E-state index is 6.19. The first-order chi connectivity index (χ1) is 9.22. The van der Waals surface area contributed by atoms with Gasteiger partial charge in [0.2, 0.25) is 0 Å². The van der Waals surface area contributed by atoms with Crippen LogP contribution in [-0.2, 0) is 6.54 Å². The predicted molar refractivity (Wildman–Crippen MR) is 79.0 cm³/mol. The third-order valence-electron chi connectivity index (χ3n) is 3.16. The molecule has 1 unspecified atom stereocenters. The molecular formula is C15H18ClN3. The van der Waals surface area contributed by atoms with E-state index in [4.69, 9.17) is 17.3 Å². The van der Waals surface area contributed by atoms with Gasteiger partial charge in [-0.3, -0.25) is 9.88 Å². The van der Waals surface area contributed by atoms with Gasteiger partial charge in [-0.2, -0.15) is 0 Å². The molecule has 4 heteroatoms. The van der Waals surface area contributed by atoms with E-state index in [2.05, 4.69) is 9.88 Å². The van der Waals surface area contributed by atoms with E-state index in [0.29, 0.717) is 6.54 Å². The molecule has 0 spiro atoms. The summed E-state index contributed by atoms with van der Waals surface area (Å²) in [6, 6.07) is 13.9. The van der Waals surface area contributed by atoms with Gasteiger partial charge in [0, 0.05) is 24.3 Å². The number of halogens is 1. The van der Waals surface area contributed by atoms with Crippen molar-refractivity contribution in [1.29, 1.82) is 0 Å². The highest BCUT2D eigenvalue weighted by molar-refractivity contribution is 6.31. The Labute approximate surface area is 119 Å². The van der Waals surface area contributed by atoms with Gasteiger partial charge in [-0.1, -0.05) is 35.9 Å². The van der Waals surface area contributed by atoms with Crippen LogP contribution in [0.3, 0.4) is 0 Å². The summed E-state index contributed by atoms with van der Waals surface area (Å²) in [6.45, 7) is 1.27. The number of nitrogens with zero attached hydrogens (tertiary/aromatic N) is 2. The molecule has 3 nitrogen and oxygen atoms in total. The zero-order valence-electron chi connectivity index (χ0n) is 11.0. The zero-order valence-corrected chi connectivity index (χ0v) is 11.7. The molecule has 0 fully saturated rings. The second kappa shape index (κ2) is 6.66. The first kappa shape index (κ1) is 14.0. The Hall–Kier alpha value is -1.42. The number of pyridine rings is 1. The Bertz CT molecular complexity index is 516. The smallest absolute Gasteiger partial charge is 0.0644 e. The lowest BCUT2D eigenvalue weighted by Crippen LogP contribution is -2.30. The summed E-state index contributed by atoms with van der Waals surface area (Å²) < 4.78 is 0. The molecular weight excluding hydrogens is 258 g/mol. The Morgan fingerprint density at radius 2 is 1.95 bits per heavy atom. The molecule has 19 heavy (non-hydrogen) atoms. The van der Waals surface area contributed by atoms with Gasteiger partial charge in [0.1, 0.15) is 0 Å². The second-order valence-corrected chi connectivity index (χ2v) is 4.92. The van der Waals surface area contributed by atoms with Gasteiger partial charge in [0.15, 0.2) is 0 Å². The minimum atomic E-state index is 0.0949. The summed E-state index contributed by atoms with van der Waals surface area (Å²) in [5.41, 5.74) is 7.97. The van der Waals surface area contributed by atoms with E-state index >= 15 is 0 Å². The Morgan fingerprint density at radius 3 is 2.58 bits per heavy atom. The number of nitrogens with two attached hydrogens (primary N) is 1. The Balaban J connectivity index is 2.14. The summed E-state index contributed by atoms with van der Waals surface area (Å²) in [5, 5.41) is 0.783. The van der Waals surface area contributed by atoms with E-state index in [1.807, 2.05) is 49.5 Å². The average molecular weight is 276 g/mol. The fourth-order valence-corrected chi connectivity index (χ4v) is 2.30. The monoisotopic (exact) mass is 275 g/mol. The third-order valence-corrected chi connectivity index (χ3v) is 3.53. The minimum Gasteiger partial charge on any atom is -0.329 e. The topological polar surface area (TPSA) is 42.1 Å². The molecule has 1 atom stereocenters. The largest absolute Gasteiger partial charge is 0.329 e. The Morgan fingerprint density at radius 1 is 1.21 bits per heavy atom. The van der Waals surface area contributed by atoms with Gasteiger partial charge in [0.05, 0.1) is 11.7 Å². The SMILES string of the molecule is CN(Cc1ccccc1Cl)C(CN)c1ccccn1. The van der Waals surface area contributed by atoms with Gasteiger partial charge >= 0.3 is 0 Å². The first-order valence-corrected chi connectivity index (χ1v) is 6.65. The normalized spacial score (nSPS) is 12.6. The van der Waals surface area contributed by atoms with Crippen LogP contribution in [-0.4, -0.2) is 23.5 Å². The summed E-state index contributed by atoms with van der Waals surface area (Å²) in [5.74, 6) is 0. The minimum absolute atomic E-state index is 0.0949. The van der Waals surface area contributed by atoms with Crippen LogP contribution in [0.15, 0.2) is 48.7 Å². The lowest BCUT2D eigenvalue weighted by atomic mass is 10.1. The van der Waals surface area contributed by atoms with Crippen LogP contribution in [0.1, 0.15) is 17.3 Å². The zero-order chi connectivity index (χ0) is 13.7. The molecule has 1 aromatic heterocycles. The Kier molecular flexibility index (Phi) is 4.91. The van der Waals surface area contributed by atoms with Gasteiger partial charge in [0.25, 0.3) is 0 Å². The molecule has 1 aromatic carbocycles. The summed E-state index contributed by atoms with van der Waals surface area (Å²) in [4.78, 5) is 6.55. The van der Waals surface area contributed by atoms with E-state index in [9.17, 15) is 0 Å². The van der Waals surface area contributed by atoms with Crippen molar-refractivity contribution in [2.75, 3.05) is 13.6 Å². The average Bonchev–Trinajstić information content (AvgIpc) is 2.43. The van der Waals surface area contributed by atoms with Crippen molar-refractivity contribution in [3.63, 3.8) is 0 Å². The van der Waals surface area contributed by atoms with Crippen molar-refractivity contribution in [3.8, 4) is 0 Å². The van der Waals surface area contributed by atoms with Crippen LogP contribution in [0.2, 0.25) is 5.02 Å². The molecule has 0 saturated heterocycles. The van der Waals surface area contributed by atoms with Crippen molar-refractivity contribution >= 4 is 11.6 Å². The molecule has 0 saturated carbocycles. The standard InChI is InChI=1S/C15H18ClN3/c1-19(11-12-6-2-3-7-13(12)16)15(10-17)14-8-4-5-9-18-14/h2-9,15H,10-11,17H2,1H3. The van der Waals surface area contributed by atoms with Crippen LogP contribution in [0.4, 0.5) is 0 Å². The van der Waals surface area contributed by atoms with Crippen molar-refractivity contribution in [3.05, 3.63) is 64.9 Å². The van der Waals surface area contributed by atoms with Crippen molar-refractivity contribution in [2.24, 2.45) is 5.73 Å². The lowest BCUT2D eigenvalue weighted by molar-refractivity contribution is 0.237. The highest BCUT2D eigenvalue weighted by atomic mass is 35.5. The molecule has 2 N–H and O–H groups in total. The fraction of sp³-hybridized carbons (Fsp3) is 0.267. The quantitative estimate of drug-likeness (QED) is 0.912. The summed E-state index contributed by atoms with van der Waals surface area (Å²) >= 11 is 6.19. The van der Waals surface area contributed by atoms with Crippen LogP contribution < -0.4 is 5.73 Å². The van der Waals surface area contributed by atoms with E-state index in [0.717, 1.165) is 22.8 Å². The van der Waals surface area contributed by atoms with E-state index < -0.39 is 0 Å². The molecule has 1 heterocycles. The number of likely N-dealkylation sites (N-methyl/N-ethyl adjacent to an activating group) is 1. The predicted octanol–water partition coefficient (Wildman–Crippen LogP) is 2.87. The van der Waals surface area contributed by atoms with Crippen molar-refractivity contribution in [1.82, 2.24) is 9.88 Å². The molecule has 0 aliphatic heterocycles. The van der Waals surface area contributed by atoms with Crippen molar-refractivity contribution < 1.29 is 0 Å². The maximum Gasteiger partial charge on any atom is 0.0644 e. The van der Waals surface area contributed by atoms with Crippen LogP contribution in [0.25, 0.3) is 0 Å². The van der Waals surface area contributed by atoms with E-state index in [1.165, 1.54) is 0 Å². The molecule has 0 aliphatic rings. The molecule has 0 radical (unpaired) electrons. The third kappa shape index (κ3) is 3.53. The van der Waals surface area contributed by atoms with Crippen LogP contribution in [0.5, 0.6) is 0 Å². The number of benzene rings is 1. The van der Waals surface area contributed by atoms with Crippen LogP contribution in [0, 0.1) is 0 Å². The highest BCUT2D eigenvalue weighted by Gasteiger charge is 2.17. The lowest BCUT2D eigenvalue weighted by Gasteiger charge is -2.26. The van der Waals surface area contributed by atoms with Gasteiger partial charge in [-0.25, -0.2) is 0 Å². The number of aromatic nitrogens is 1. The highest BCUT2D eigenvalue weighted by Crippen LogP contribution is 2.22. The number of rotatable bonds is 5. The summed E-state index contributed by atoms with van der Waals surface area (Å²) in [7, 11) is 2.04. The molecule has 2 rings (SSSR count). The van der Waals surface area contributed by atoms with Gasteiger partial charge < -0.3 is 5.73 Å². The molecule has 0 bridgehead atoms. The van der Waals surface area contributed by atoms with Crippen LogP contribution >= 0.6 is 11.6 Å². The van der Waals surface area contributed by atoms with Gasteiger partial charge in [-0.15, -0.1) is 0 Å². The first-order valence-electron chi connectivity index (χ1n) is 6.27. The molecule has 0 amide bonds. The maximum atomic E-state index is 6.19. The van der Waals surface area contributed by atoms with Crippen molar-refractivity contribution in [2.45, 2.75) is 12.6 Å².